The molecule has 1 aromatic heterocycles. The monoisotopic (exact) mass is 393 g/mol. The molecular weight excluding hydrogens is 374 g/mol. The Morgan fingerprint density at radius 1 is 0.786 bits per heavy atom. The van der Waals surface area contributed by atoms with Gasteiger partial charge in [0, 0.05) is 11.4 Å². The Kier molecular flexibility index (Phi) is 6.54. The van der Waals surface area contributed by atoms with Gasteiger partial charge in [0.2, 0.25) is 11.8 Å². The first-order valence-electron chi connectivity index (χ1n) is 8.65. The second-order valence-electron chi connectivity index (χ2n) is 6.00. The molecule has 0 saturated carbocycles. The van der Waals surface area contributed by atoms with E-state index in [1.54, 1.807) is 30.3 Å². The summed E-state index contributed by atoms with van der Waals surface area (Å²) in [6.07, 6.45) is 0.221. The summed E-state index contributed by atoms with van der Waals surface area (Å²) >= 11 is 1.35. The molecule has 0 aliphatic heterocycles. The van der Waals surface area contributed by atoms with Crippen LogP contribution in [0.4, 0.5) is 11.4 Å². The lowest BCUT2D eigenvalue weighted by molar-refractivity contribution is -0.123. The molecule has 28 heavy (non-hydrogen) atoms. The largest absolute Gasteiger partial charge is 0.347 e. The van der Waals surface area contributed by atoms with E-state index in [4.69, 9.17) is 0 Å². The molecule has 1 heterocycles. The summed E-state index contributed by atoms with van der Waals surface area (Å²) in [4.78, 5) is 36.7. The third-order valence-corrected chi connectivity index (χ3v) is 4.67. The molecule has 0 radical (unpaired) electrons. The van der Waals surface area contributed by atoms with Gasteiger partial charge in [-0.05, 0) is 35.2 Å². The molecule has 3 rings (SSSR count). The summed E-state index contributed by atoms with van der Waals surface area (Å²) in [5, 5.41) is 9.92. The van der Waals surface area contributed by atoms with E-state index in [1.807, 2.05) is 41.8 Å². The maximum atomic E-state index is 12.1. The molecule has 0 unspecified atom stereocenters. The van der Waals surface area contributed by atoms with Crippen LogP contribution in [0.2, 0.25) is 0 Å². The fraction of sp³-hybridized carbons (Fsp3) is 0.0952. The van der Waals surface area contributed by atoms with E-state index in [0.29, 0.717) is 16.3 Å². The zero-order chi connectivity index (χ0) is 19.8. The third-order valence-electron chi connectivity index (χ3n) is 3.80. The Balaban J connectivity index is 1.48. The van der Waals surface area contributed by atoms with Crippen LogP contribution in [0, 0.1) is 0 Å². The van der Waals surface area contributed by atoms with Crippen LogP contribution < -0.4 is 16.0 Å². The normalized spacial score (nSPS) is 10.1. The van der Waals surface area contributed by atoms with Crippen molar-refractivity contribution in [3.8, 4) is 0 Å². The van der Waals surface area contributed by atoms with Crippen LogP contribution >= 0.6 is 11.3 Å². The highest BCUT2D eigenvalue weighted by Crippen LogP contribution is 2.17. The maximum absolute atomic E-state index is 12.1. The lowest BCUT2D eigenvalue weighted by atomic mass is 10.1. The summed E-state index contributed by atoms with van der Waals surface area (Å²) in [5.41, 5.74) is 1.99. The molecular formula is C21H19N3O3S. The van der Waals surface area contributed by atoms with E-state index in [-0.39, 0.29) is 30.7 Å². The SMILES string of the molecule is O=C(Cc1ccccc1)NCC(=O)Nc1cccc(NC(=O)c2cccs2)c1. The number of anilines is 2. The van der Waals surface area contributed by atoms with Crippen molar-refractivity contribution in [3.63, 3.8) is 0 Å². The maximum Gasteiger partial charge on any atom is 0.265 e. The number of carbonyl (C=O) groups is 3. The highest BCUT2D eigenvalue weighted by atomic mass is 32.1. The number of carbonyl (C=O) groups excluding carboxylic acids is 3. The Bertz CT molecular complexity index is 956. The van der Waals surface area contributed by atoms with Gasteiger partial charge in [-0.1, -0.05) is 42.5 Å². The standard InChI is InChI=1S/C21H19N3O3S/c25-19(12-15-6-2-1-3-7-15)22-14-20(26)23-16-8-4-9-17(13-16)24-21(27)18-10-5-11-28-18/h1-11,13H,12,14H2,(H,22,25)(H,23,26)(H,24,27). The highest BCUT2D eigenvalue weighted by molar-refractivity contribution is 7.12. The Labute approximate surface area is 166 Å². The van der Waals surface area contributed by atoms with Crippen molar-refractivity contribution in [1.82, 2.24) is 5.32 Å². The molecule has 3 aromatic rings. The second kappa shape index (κ2) is 9.48. The van der Waals surface area contributed by atoms with Gasteiger partial charge in [0.15, 0.2) is 0 Å². The number of nitrogens with one attached hydrogen (secondary N) is 3. The minimum Gasteiger partial charge on any atom is -0.347 e. The minimum atomic E-state index is -0.344. The average Bonchev–Trinajstić information content (AvgIpc) is 3.22. The van der Waals surface area contributed by atoms with Crippen LogP contribution in [0.5, 0.6) is 0 Å². The second-order valence-corrected chi connectivity index (χ2v) is 6.95. The van der Waals surface area contributed by atoms with Crippen molar-refractivity contribution in [2.24, 2.45) is 0 Å². The van der Waals surface area contributed by atoms with E-state index in [0.717, 1.165) is 5.56 Å². The molecule has 2 aromatic carbocycles. The van der Waals surface area contributed by atoms with Gasteiger partial charge >= 0.3 is 0 Å². The number of hydrogen-bond acceptors (Lipinski definition) is 4. The van der Waals surface area contributed by atoms with Crippen molar-refractivity contribution >= 4 is 40.4 Å². The molecule has 0 saturated heterocycles. The molecule has 0 aliphatic rings. The van der Waals surface area contributed by atoms with Gasteiger partial charge in [-0.15, -0.1) is 11.3 Å². The molecule has 6 nitrogen and oxygen atoms in total. The number of amides is 3. The zero-order valence-corrected chi connectivity index (χ0v) is 15.8. The predicted molar refractivity (Wildman–Crippen MR) is 110 cm³/mol. The smallest absolute Gasteiger partial charge is 0.265 e. The van der Waals surface area contributed by atoms with Crippen molar-refractivity contribution < 1.29 is 14.4 Å². The first kappa shape index (κ1) is 19.3. The topological polar surface area (TPSA) is 87.3 Å². The number of rotatable bonds is 7. The van der Waals surface area contributed by atoms with Gasteiger partial charge < -0.3 is 16.0 Å². The molecule has 3 amide bonds. The van der Waals surface area contributed by atoms with Crippen LogP contribution in [0.1, 0.15) is 15.2 Å². The van der Waals surface area contributed by atoms with Gasteiger partial charge in [-0.3, -0.25) is 14.4 Å². The fourth-order valence-corrected chi connectivity index (χ4v) is 3.12. The molecule has 0 atom stereocenters. The van der Waals surface area contributed by atoms with Crippen LogP contribution in [-0.2, 0) is 16.0 Å². The van der Waals surface area contributed by atoms with Crippen molar-refractivity contribution in [3.05, 3.63) is 82.6 Å². The number of hydrogen-bond donors (Lipinski definition) is 3. The summed E-state index contributed by atoms with van der Waals surface area (Å²) in [7, 11) is 0. The lowest BCUT2D eigenvalue weighted by Crippen LogP contribution is -2.33. The lowest BCUT2D eigenvalue weighted by Gasteiger charge is -2.09. The highest BCUT2D eigenvalue weighted by Gasteiger charge is 2.09. The minimum absolute atomic E-state index is 0.128. The molecule has 3 N–H and O–H groups in total. The zero-order valence-electron chi connectivity index (χ0n) is 15.0. The van der Waals surface area contributed by atoms with Crippen LogP contribution in [0.3, 0.4) is 0 Å². The molecule has 0 spiro atoms. The Morgan fingerprint density at radius 3 is 2.25 bits per heavy atom. The fourth-order valence-electron chi connectivity index (χ4n) is 2.50. The first-order chi connectivity index (χ1) is 13.6. The Morgan fingerprint density at radius 2 is 1.54 bits per heavy atom. The van der Waals surface area contributed by atoms with E-state index in [2.05, 4.69) is 16.0 Å². The van der Waals surface area contributed by atoms with E-state index < -0.39 is 0 Å². The quantitative estimate of drug-likeness (QED) is 0.576. The molecule has 0 aliphatic carbocycles. The summed E-state index contributed by atoms with van der Waals surface area (Å²) < 4.78 is 0. The first-order valence-corrected chi connectivity index (χ1v) is 9.53. The van der Waals surface area contributed by atoms with E-state index in [9.17, 15) is 14.4 Å². The van der Waals surface area contributed by atoms with Gasteiger partial charge in [-0.2, -0.15) is 0 Å². The molecule has 7 heteroatoms. The van der Waals surface area contributed by atoms with E-state index in [1.165, 1.54) is 11.3 Å². The van der Waals surface area contributed by atoms with Gasteiger partial charge in [-0.25, -0.2) is 0 Å². The Hall–Kier alpha value is -3.45. The average molecular weight is 393 g/mol. The number of benzene rings is 2. The molecule has 0 fully saturated rings. The molecule has 142 valence electrons. The van der Waals surface area contributed by atoms with Crippen molar-refractivity contribution in [2.75, 3.05) is 17.2 Å². The van der Waals surface area contributed by atoms with Crippen LogP contribution in [0.15, 0.2) is 72.1 Å². The van der Waals surface area contributed by atoms with Crippen molar-refractivity contribution in [2.45, 2.75) is 6.42 Å². The predicted octanol–water partition coefficient (Wildman–Crippen LogP) is 3.30. The third kappa shape index (κ3) is 5.78. The van der Waals surface area contributed by atoms with Crippen LogP contribution in [0.25, 0.3) is 0 Å². The van der Waals surface area contributed by atoms with Crippen LogP contribution in [-0.4, -0.2) is 24.3 Å². The molecule has 0 bridgehead atoms. The summed E-state index contributed by atoms with van der Waals surface area (Å²) in [6, 6.07) is 19.7. The van der Waals surface area contributed by atoms with Crippen molar-refractivity contribution in [1.29, 1.82) is 0 Å². The van der Waals surface area contributed by atoms with Gasteiger partial charge in [0.05, 0.1) is 17.8 Å². The van der Waals surface area contributed by atoms with E-state index >= 15 is 0 Å². The number of thiophene rings is 1. The summed E-state index contributed by atoms with van der Waals surface area (Å²) in [5.74, 6) is -0.770. The van der Waals surface area contributed by atoms with Gasteiger partial charge in [0.25, 0.3) is 5.91 Å². The summed E-state index contributed by atoms with van der Waals surface area (Å²) in [6.45, 7) is -0.128. The van der Waals surface area contributed by atoms with Gasteiger partial charge in [0.1, 0.15) is 0 Å².